The highest BCUT2D eigenvalue weighted by atomic mass is 16.3. The van der Waals surface area contributed by atoms with E-state index in [0.717, 1.165) is 53.7 Å². The minimum absolute atomic E-state index is 0.202. The molecule has 0 atom stereocenters. The Kier molecular flexibility index (Phi) is 5.79. The number of fused-ring (bicyclic) bond motifs is 1. The number of aryl methyl sites for hydroxylation is 1. The van der Waals surface area contributed by atoms with E-state index in [9.17, 15) is 4.79 Å². The average molecular weight is 421 g/mol. The van der Waals surface area contributed by atoms with Gasteiger partial charge in [-0.25, -0.2) is 9.67 Å². The molecule has 3 aromatic heterocycles. The highest BCUT2D eigenvalue weighted by Gasteiger charge is 2.33. The summed E-state index contributed by atoms with van der Waals surface area (Å²) in [6.45, 7) is 2.24. The fourth-order valence-electron chi connectivity index (χ4n) is 5.66. The third-order valence-electron chi connectivity index (χ3n) is 7.10. The first-order valence-electron chi connectivity index (χ1n) is 11.9. The van der Waals surface area contributed by atoms with Crippen LogP contribution in [0.1, 0.15) is 69.9 Å². The number of hydrogen-bond acceptors (Lipinski definition) is 4. The molecule has 0 radical (unpaired) electrons. The van der Waals surface area contributed by atoms with Crippen LogP contribution in [0.5, 0.6) is 0 Å². The minimum atomic E-state index is 0.202. The van der Waals surface area contributed by atoms with E-state index in [4.69, 9.17) is 9.52 Å². The number of carbonyl (C=O) groups is 1. The molecule has 31 heavy (non-hydrogen) atoms. The van der Waals surface area contributed by atoms with Crippen molar-refractivity contribution in [2.45, 2.75) is 89.8 Å². The van der Waals surface area contributed by atoms with Crippen molar-refractivity contribution in [3.8, 4) is 11.3 Å². The number of furan rings is 1. The summed E-state index contributed by atoms with van der Waals surface area (Å²) < 4.78 is 7.43. The lowest BCUT2D eigenvalue weighted by Crippen LogP contribution is -2.50. The Morgan fingerprint density at radius 3 is 2.35 bits per heavy atom. The van der Waals surface area contributed by atoms with Crippen LogP contribution >= 0.6 is 0 Å². The zero-order chi connectivity index (χ0) is 21.2. The summed E-state index contributed by atoms with van der Waals surface area (Å²) in [6, 6.07) is 6.57. The maximum Gasteiger partial charge on any atom is 0.244 e. The molecule has 2 aliphatic rings. The van der Waals surface area contributed by atoms with Crippen molar-refractivity contribution in [2.24, 2.45) is 0 Å². The zero-order valence-corrected chi connectivity index (χ0v) is 18.4. The van der Waals surface area contributed by atoms with E-state index in [-0.39, 0.29) is 12.5 Å². The molecule has 0 unspecified atom stereocenters. The quantitative estimate of drug-likeness (QED) is 0.547. The second kappa shape index (κ2) is 8.85. The Balaban J connectivity index is 1.46. The van der Waals surface area contributed by atoms with Crippen molar-refractivity contribution >= 4 is 16.9 Å². The SMILES string of the molecule is Cc1nn(CC(=O)N(C2CCCCC2)C2CCCCC2)c2nccc(-c3ccco3)c12. The molecule has 2 aliphatic carbocycles. The molecule has 0 saturated heterocycles. The predicted octanol–water partition coefficient (Wildman–Crippen LogP) is 5.49. The smallest absolute Gasteiger partial charge is 0.244 e. The monoisotopic (exact) mass is 420 g/mol. The Bertz CT molecular complexity index is 1010. The number of aromatic nitrogens is 3. The van der Waals surface area contributed by atoms with Gasteiger partial charge in [0.05, 0.1) is 17.3 Å². The van der Waals surface area contributed by atoms with Crippen LogP contribution in [0, 0.1) is 6.92 Å². The third kappa shape index (κ3) is 4.00. The molecular formula is C25H32N4O2. The largest absolute Gasteiger partial charge is 0.464 e. The molecule has 164 valence electrons. The van der Waals surface area contributed by atoms with E-state index in [0.29, 0.717) is 12.1 Å². The number of amides is 1. The van der Waals surface area contributed by atoms with E-state index >= 15 is 0 Å². The summed E-state index contributed by atoms with van der Waals surface area (Å²) in [7, 11) is 0. The van der Waals surface area contributed by atoms with Crippen molar-refractivity contribution in [3.63, 3.8) is 0 Å². The fourth-order valence-corrected chi connectivity index (χ4v) is 5.66. The van der Waals surface area contributed by atoms with Gasteiger partial charge in [-0.15, -0.1) is 0 Å². The van der Waals surface area contributed by atoms with E-state index in [1.54, 1.807) is 17.1 Å². The summed E-state index contributed by atoms with van der Waals surface area (Å²) in [6.07, 6.45) is 15.6. The van der Waals surface area contributed by atoms with Crippen molar-refractivity contribution in [1.29, 1.82) is 0 Å². The average Bonchev–Trinajstić information content (AvgIpc) is 3.44. The van der Waals surface area contributed by atoms with E-state index in [1.807, 2.05) is 25.1 Å². The van der Waals surface area contributed by atoms with Crippen LogP contribution in [-0.2, 0) is 11.3 Å². The lowest BCUT2D eigenvalue weighted by molar-refractivity contribution is -0.138. The van der Waals surface area contributed by atoms with Crippen LogP contribution in [0.25, 0.3) is 22.4 Å². The van der Waals surface area contributed by atoms with Crippen LogP contribution in [0.15, 0.2) is 35.1 Å². The van der Waals surface area contributed by atoms with Gasteiger partial charge < -0.3 is 9.32 Å². The van der Waals surface area contributed by atoms with Gasteiger partial charge in [0.15, 0.2) is 5.65 Å². The minimum Gasteiger partial charge on any atom is -0.464 e. The maximum atomic E-state index is 13.7. The molecular weight excluding hydrogens is 388 g/mol. The molecule has 0 spiro atoms. The molecule has 1 amide bonds. The fraction of sp³-hybridized carbons (Fsp3) is 0.560. The second-order valence-electron chi connectivity index (χ2n) is 9.16. The van der Waals surface area contributed by atoms with Gasteiger partial charge in [0.2, 0.25) is 5.91 Å². The molecule has 6 nitrogen and oxygen atoms in total. The predicted molar refractivity (Wildman–Crippen MR) is 121 cm³/mol. The van der Waals surface area contributed by atoms with Crippen LogP contribution in [0.2, 0.25) is 0 Å². The van der Waals surface area contributed by atoms with E-state index in [1.165, 1.54) is 38.5 Å². The number of pyridine rings is 1. The first-order valence-corrected chi connectivity index (χ1v) is 11.9. The summed E-state index contributed by atoms with van der Waals surface area (Å²) in [5.74, 6) is 1.00. The number of nitrogens with zero attached hydrogens (tertiary/aromatic N) is 4. The number of hydrogen-bond donors (Lipinski definition) is 0. The zero-order valence-electron chi connectivity index (χ0n) is 18.4. The third-order valence-corrected chi connectivity index (χ3v) is 7.10. The number of carbonyl (C=O) groups excluding carboxylic acids is 1. The van der Waals surface area contributed by atoms with Crippen LogP contribution in [0.3, 0.4) is 0 Å². The Labute approximate surface area is 183 Å². The van der Waals surface area contributed by atoms with Crippen LogP contribution < -0.4 is 0 Å². The molecule has 0 bridgehead atoms. The van der Waals surface area contributed by atoms with Crippen molar-refractivity contribution in [2.75, 3.05) is 0 Å². The number of rotatable bonds is 5. The highest BCUT2D eigenvalue weighted by Crippen LogP contribution is 2.32. The molecule has 0 aromatic carbocycles. The Hall–Kier alpha value is -2.63. The van der Waals surface area contributed by atoms with E-state index < -0.39 is 0 Å². The lowest BCUT2D eigenvalue weighted by atomic mass is 9.88. The van der Waals surface area contributed by atoms with Gasteiger partial charge in [-0.05, 0) is 50.8 Å². The summed E-state index contributed by atoms with van der Waals surface area (Å²) in [5, 5.41) is 5.70. The molecule has 6 heteroatoms. The van der Waals surface area contributed by atoms with Crippen molar-refractivity contribution in [1.82, 2.24) is 19.7 Å². The topological polar surface area (TPSA) is 64.2 Å². The summed E-state index contributed by atoms with van der Waals surface area (Å²) in [5.41, 5.74) is 2.61. The molecule has 2 saturated carbocycles. The van der Waals surface area contributed by atoms with Crippen LogP contribution in [-0.4, -0.2) is 37.7 Å². The van der Waals surface area contributed by atoms with Gasteiger partial charge in [0.1, 0.15) is 12.3 Å². The molecule has 0 aliphatic heterocycles. The van der Waals surface area contributed by atoms with Gasteiger partial charge in [-0.1, -0.05) is 38.5 Å². The molecule has 3 aromatic rings. The molecule has 3 heterocycles. The summed E-state index contributed by atoms with van der Waals surface area (Å²) >= 11 is 0. The van der Waals surface area contributed by atoms with Gasteiger partial charge >= 0.3 is 0 Å². The summed E-state index contributed by atoms with van der Waals surface area (Å²) in [4.78, 5) is 20.6. The first kappa shape index (κ1) is 20.3. The van der Waals surface area contributed by atoms with Crippen LogP contribution in [0.4, 0.5) is 0 Å². The van der Waals surface area contributed by atoms with Crippen molar-refractivity contribution < 1.29 is 9.21 Å². The first-order chi connectivity index (χ1) is 15.2. The van der Waals surface area contributed by atoms with E-state index in [2.05, 4.69) is 9.88 Å². The van der Waals surface area contributed by atoms with Gasteiger partial charge in [0.25, 0.3) is 0 Å². The highest BCUT2D eigenvalue weighted by molar-refractivity contribution is 5.94. The van der Waals surface area contributed by atoms with Gasteiger partial charge in [0, 0.05) is 23.8 Å². The lowest BCUT2D eigenvalue weighted by Gasteiger charge is -2.41. The van der Waals surface area contributed by atoms with Gasteiger partial charge in [-0.3, -0.25) is 4.79 Å². The normalized spacial score (nSPS) is 18.5. The maximum absolute atomic E-state index is 13.7. The second-order valence-corrected chi connectivity index (χ2v) is 9.16. The molecule has 5 rings (SSSR count). The van der Waals surface area contributed by atoms with Gasteiger partial charge in [-0.2, -0.15) is 5.10 Å². The Morgan fingerprint density at radius 2 is 1.74 bits per heavy atom. The molecule has 2 fully saturated rings. The van der Waals surface area contributed by atoms with Crippen molar-refractivity contribution in [3.05, 3.63) is 36.4 Å². The standard InChI is InChI=1S/C25H32N4O2/c1-18-24-21(22-13-8-16-31-22)14-15-26-25(24)28(27-18)17-23(30)29(19-9-4-2-5-10-19)20-11-6-3-7-12-20/h8,13-16,19-20H,2-7,9-12,17H2,1H3. The molecule has 0 N–H and O–H groups in total. The Morgan fingerprint density at radius 1 is 1.06 bits per heavy atom.